The number of aliphatic hydroxyl groups is 1. The van der Waals surface area contributed by atoms with Crippen LogP contribution in [0.5, 0.6) is 0 Å². The summed E-state index contributed by atoms with van der Waals surface area (Å²) in [6.07, 6.45) is -3.87. The van der Waals surface area contributed by atoms with Gasteiger partial charge in [-0.15, -0.1) is 0 Å². The van der Waals surface area contributed by atoms with Crippen molar-refractivity contribution in [1.82, 2.24) is 9.78 Å². The van der Waals surface area contributed by atoms with Crippen LogP contribution in [0.3, 0.4) is 0 Å². The van der Waals surface area contributed by atoms with E-state index >= 15 is 0 Å². The number of aromatic nitrogens is 2. The number of hydrogen-bond acceptors (Lipinski definition) is 2. The quantitative estimate of drug-likeness (QED) is 0.931. The minimum absolute atomic E-state index is 0.00594. The van der Waals surface area contributed by atoms with Gasteiger partial charge in [-0.2, -0.15) is 18.3 Å². The van der Waals surface area contributed by atoms with Crippen LogP contribution in [0.4, 0.5) is 13.2 Å². The first-order chi connectivity index (χ1) is 8.91. The lowest BCUT2D eigenvalue weighted by atomic mass is 10.1. The van der Waals surface area contributed by atoms with Gasteiger partial charge in [0.1, 0.15) is 0 Å². The number of nitrogens with zero attached hydrogens (tertiary/aromatic N) is 2. The average Bonchev–Trinajstić information content (AvgIpc) is 2.71. The summed E-state index contributed by atoms with van der Waals surface area (Å²) < 4.78 is 38.9. The molecule has 1 aromatic carbocycles. The first-order valence-electron chi connectivity index (χ1n) is 5.73. The first kappa shape index (κ1) is 13.6. The summed E-state index contributed by atoms with van der Waals surface area (Å²) in [6.45, 7) is 0.00594. The Morgan fingerprint density at radius 1 is 1.21 bits per heavy atom. The van der Waals surface area contributed by atoms with E-state index in [9.17, 15) is 13.2 Å². The van der Waals surface area contributed by atoms with E-state index in [1.165, 1.54) is 12.1 Å². The van der Waals surface area contributed by atoms with Gasteiger partial charge in [-0.25, -0.2) is 0 Å². The number of rotatable bonds is 3. The number of aliphatic hydroxyl groups excluding tert-OH is 1. The van der Waals surface area contributed by atoms with Gasteiger partial charge in [-0.05, 0) is 18.2 Å². The number of aryl methyl sites for hydroxylation is 1. The SMILES string of the molecule is Cn1nc(-c2ccc(C(F)(F)F)cc2)cc1CCO. The molecule has 0 fully saturated rings. The molecule has 0 radical (unpaired) electrons. The van der Waals surface area contributed by atoms with Crippen molar-refractivity contribution < 1.29 is 18.3 Å². The highest BCUT2D eigenvalue weighted by atomic mass is 19.4. The summed E-state index contributed by atoms with van der Waals surface area (Å²) in [5.74, 6) is 0. The molecule has 0 aliphatic heterocycles. The fourth-order valence-electron chi connectivity index (χ4n) is 1.83. The number of halogens is 3. The monoisotopic (exact) mass is 270 g/mol. The Kier molecular flexibility index (Phi) is 3.61. The lowest BCUT2D eigenvalue weighted by molar-refractivity contribution is -0.137. The van der Waals surface area contributed by atoms with E-state index in [1.807, 2.05) is 0 Å². The largest absolute Gasteiger partial charge is 0.416 e. The Hall–Kier alpha value is -1.82. The molecule has 0 saturated carbocycles. The maximum absolute atomic E-state index is 12.4. The van der Waals surface area contributed by atoms with Crippen LogP contribution in [-0.2, 0) is 19.6 Å². The Morgan fingerprint density at radius 3 is 2.37 bits per heavy atom. The van der Waals surface area contributed by atoms with Crippen molar-refractivity contribution in [3.63, 3.8) is 0 Å². The molecule has 102 valence electrons. The van der Waals surface area contributed by atoms with Crippen LogP contribution in [0.1, 0.15) is 11.3 Å². The zero-order valence-corrected chi connectivity index (χ0v) is 10.3. The van der Waals surface area contributed by atoms with Gasteiger partial charge in [0, 0.05) is 31.3 Å². The zero-order chi connectivity index (χ0) is 14.0. The minimum Gasteiger partial charge on any atom is -0.396 e. The highest BCUT2D eigenvalue weighted by Crippen LogP contribution is 2.30. The van der Waals surface area contributed by atoms with Crippen molar-refractivity contribution in [2.24, 2.45) is 7.05 Å². The van der Waals surface area contributed by atoms with Crippen LogP contribution < -0.4 is 0 Å². The molecule has 0 saturated heterocycles. The van der Waals surface area contributed by atoms with Crippen LogP contribution in [0.25, 0.3) is 11.3 Å². The predicted molar refractivity (Wildman–Crippen MR) is 64.4 cm³/mol. The van der Waals surface area contributed by atoms with Crippen molar-refractivity contribution in [2.75, 3.05) is 6.61 Å². The second-order valence-electron chi connectivity index (χ2n) is 4.19. The molecule has 0 bridgehead atoms. The van der Waals surface area contributed by atoms with Gasteiger partial charge in [0.15, 0.2) is 0 Å². The Bertz CT molecular complexity index is 558. The van der Waals surface area contributed by atoms with E-state index in [4.69, 9.17) is 5.11 Å². The van der Waals surface area contributed by atoms with Crippen LogP contribution in [-0.4, -0.2) is 21.5 Å². The Labute approximate surface area is 108 Å². The molecule has 3 nitrogen and oxygen atoms in total. The molecular weight excluding hydrogens is 257 g/mol. The maximum Gasteiger partial charge on any atom is 0.416 e. The highest BCUT2D eigenvalue weighted by Gasteiger charge is 2.30. The molecule has 0 atom stereocenters. The summed E-state index contributed by atoms with van der Waals surface area (Å²) in [6, 6.07) is 6.63. The molecule has 2 aromatic rings. The summed E-state index contributed by atoms with van der Waals surface area (Å²) >= 11 is 0. The number of alkyl halides is 3. The normalized spacial score (nSPS) is 11.8. The second kappa shape index (κ2) is 5.05. The summed E-state index contributed by atoms with van der Waals surface area (Å²) in [7, 11) is 1.73. The molecule has 0 aliphatic carbocycles. The Morgan fingerprint density at radius 2 is 1.84 bits per heavy atom. The van der Waals surface area contributed by atoms with E-state index in [2.05, 4.69) is 5.10 Å². The molecule has 0 unspecified atom stereocenters. The van der Waals surface area contributed by atoms with Gasteiger partial charge < -0.3 is 5.11 Å². The molecule has 19 heavy (non-hydrogen) atoms. The van der Waals surface area contributed by atoms with E-state index in [0.29, 0.717) is 17.7 Å². The molecular formula is C13H13F3N2O. The van der Waals surface area contributed by atoms with Crippen molar-refractivity contribution in [3.8, 4) is 11.3 Å². The zero-order valence-electron chi connectivity index (χ0n) is 10.3. The number of benzene rings is 1. The first-order valence-corrected chi connectivity index (χ1v) is 5.73. The lowest BCUT2D eigenvalue weighted by Gasteiger charge is -2.06. The van der Waals surface area contributed by atoms with Crippen molar-refractivity contribution >= 4 is 0 Å². The topological polar surface area (TPSA) is 38.0 Å². The minimum atomic E-state index is -4.33. The summed E-state index contributed by atoms with van der Waals surface area (Å²) in [5, 5.41) is 13.1. The van der Waals surface area contributed by atoms with Crippen molar-refractivity contribution in [3.05, 3.63) is 41.6 Å². The van der Waals surface area contributed by atoms with Crippen LogP contribution in [0.2, 0.25) is 0 Å². The van der Waals surface area contributed by atoms with Crippen LogP contribution in [0, 0.1) is 0 Å². The van der Waals surface area contributed by atoms with Gasteiger partial charge in [-0.3, -0.25) is 4.68 Å². The smallest absolute Gasteiger partial charge is 0.396 e. The molecule has 1 aromatic heterocycles. The third kappa shape index (κ3) is 2.96. The fraction of sp³-hybridized carbons (Fsp3) is 0.308. The summed E-state index contributed by atoms with van der Waals surface area (Å²) in [5.41, 5.74) is 1.37. The molecule has 6 heteroatoms. The Balaban J connectivity index is 2.30. The van der Waals surface area contributed by atoms with Crippen LogP contribution in [0.15, 0.2) is 30.3 Å². The van der Waals surface area contributed by atoms with Crippen molar-refractivity contribution in [2.45, 2.75) is 12.6 Å². The molecule has 2 rings (SSSR count). The molecule has 1 N–H and O–H groups in total. The van der Waals surface area contributed by atoms with E-state index in [1.54, 1.807) is 17.8 Å². The maximum atomic E-state index is 12.4. The predicted octanol–water partition coefficient (Wildman–Crippen LogP) is 2.64. The standard InChI is InChI=1S/C13H13F3N2O/c1-18-11(6-7-19)8-12(17-18)9-2-4-10(5-3-9)13(14,15)16/h2-5,8,19H,6-7H2,1H3. The van der Waals surface area contributed by atoms with Gasteiger partial charge in [0.2, 0.25) is 0 Å². The van der Waals surface area contributed by atoms with Crippen molar-refractivity contribution in [1.29, 1.82) is 0 Å². The van der Waals surface area contributed by atoms with Gasteiger partial charge >= 0.3 is 6.18 Å². The third-order valence-corrected chi connectivity index (χ3v) is 2.85. The van der Waals surface area contributed by atoms with Gasteiger partial charge in [-0.1, -0.05) is 12.1 Å². The van der Waals surface area contributed by atoms with E-state index < -0.39 is 11.7 Å². The molecule has 1 heterocycles. The lowest BCUT2D eigenvalue weighted by Crippen LogP contribution is -2.04. The summed E-state index contributed by atoms with van der Waals surface area (Å²) in [4.78, 5) is 0. The third-order valence-electron chi connectivity index (χ3n) is 2.85. The van der Waals surface area contributed by atoms with Gasteiger partial charge in [0.05, 0.1) is 11.3 Å². The average molecular weight is 270 g/mol. The van der Waals surface area contributed by atoms with Gasteiger partial charge in [0.25, 0.3) is 0 Å². The fourth-order valence-corrected chi connectivity index (χ4v) is 1.83. The molecule has 0 aliphatic rings. The van der Waals surface area contributed by atoms with E-state index in [-0.39, 0.29) is 6.61 Å². The molecule has 0 amide bonds. The van der Waals surface area contributed by atoms with Crippen LogP contribution >= 0.6 is 0 Å². The van der Waals surface area contributed by atoms with E-state index in [0.717, 1.165) is 17.8 Å². The highest BCUT2D eigenvalue weighted by molar-refractivity contribution is 5.60. The number of hydrogen-bond donors (Lipinski definition) is 1. The second-order valence-corrected chi connectivity index (χ2v) is 4.19. The molecule has 0 spiro atoms.